The molecule has 0 bridgehead atoms. The Morgan fingerprint density at radius 1 is 0.968 bits per heavy atom. The zero-order valence-corrected chi connectivity index (χ0v) is 17.5. The van der Waals surface area contributed by atoms with Gasteiger partial charge in [-0.2, -0.15) is 0 Å². The van der Waals surface area contributed by atoms with Crippen LogP contribution in [0.4, 0.5) is 9.18 Å². The molecule has 4 nitrogen and oxygen atoms in total. The third-order valence-electron chi connectivity index (χ3n) is 5.71. The van der Waals surface area contributed by atoms with Gasteiger partial charge in [0.15, 0.2) is 0 Å². The smallest absolute Gasteiger partial charge is 0.407 e. The lowest BCUT2D eigenvalue weighted by Crippen LogP contribution is -2.45. The summed E-state index contributed by atoms with van der Waals surface area (Å²) in [5, 5.41) is 2.85. The molecule has 1 amide bonds. The summed E-state index contributed by atoms with van der Waals surface area (Å²) in [5.74, 6) is -0.187. The van der Waals surface area contributed by atoms with E-state index < -0.39 is 6.09 Å². The first-order valence-corrected chi connectivity index (χ1v) is 10.7. The van der Waals surface area contributed by atoms with E-state index in [1.807, 2.05) is 54.6 Å². The second-order valence-electron chi connectivity index (χ2n) is 7.92. The van der Waals surface area contributed by atoms with Crippen LogP contribution in [0.15, 0.2) is 78.9 Å². The first kappa shape index (κ1) is 21.1. The molecule has 0 fully saturated rings. The predicted molar refractivity (Wildman–Crippen MR) is 119 cm³/mol. The summed E-state index contributed by atoms with van der Waals surface area (Å²) in [6.45, 7) is 2.20. The number of ether oxygens (including phenoxy) is 1. The monoisotopic (exact) mass is 418 g/mol. The van der Waals surface area contributed by atoms with Gasteiger partial charge in [-0.1, -0.05) is 66.7 Å². The molecule has 1 heterocycles. The van der Waals surface area contributed by atoms with Gasteiger partial charge in [0, 0.05) is 25.7 Å². The van der Waals surface area contributed by atoms with Crippen molar-refractivity contribution >= 4 is 6.09 Å². The Hall–Kier alpha value is -3.18. The fraction of sp³-hybridized carbons (Fsp3) is 0.269. The van der Waals surface area contributed by atoms with Crippen LogP contribution >= 0.6 is 0 Å². The standard InChI is InChI=1S/C26H27FN2O2/c27-24-12-11-22-18-29(14-13-28-26(30)31-19-21-9-5-2-6-10-21)25(17-23(22)16-24)15-20-7-3-1-4-8-20/h1-12,16,25H,13-15,17-19H2,(H,28,30). The zero-order chi connectivity index (χ0) is 21.5. The van der Waals surface area contributed by atoms with Crippen molar-refractivity contribution in [2.75, 3.05) is 13.1 Å². The number of rotatable bonds is 7. The molecule has 0 saturated carbocycles. The number of benzene rings is 3. The van der Waals surface area contributed by atoms with Gasteiger partial charge < -0.3 is 10.1 Å². The van der Waals surface area contributed by atoms with Crippen LogP contribution in [0.3, 0.4) is 0 Å². The highest BCUT2D eigenvalue weighted by molar-refractivity contribution is 5.67. The molecule has 0 aromatic heterocycles. The molecular formula is C26H27FN2O2. The molecule has 1 aliphatic heterocycles. The van der Waals surface area contributed by atoms with Gasteiger partial charge in [-0.3, -0.25) is 4.90 Å². The summed E-state index contributed by atoms with van der Waals surface area (Å²) in [6.07, 6.45) is 1.26. The number of nitrogens with zero attached hydrogens (tertiary/aromatic N) is 1. The molecule has 0 aliphatic carbocycles. The number of carbonyl (C=O) groups is 1. The van der Waals surface area contributed by atoms with Crippen molar-refractivity contribution in [3.63, 3.8) is 0 Å². The molecule has 1 atom stereocenters. The van der Waals surface area contributed by atoms with E-state index in [0.29, 0.717) is 13.1 Å². The fourth-order valence-electron chi connectivity index (χ4n) is 4.09. The van der Waals surface area contributed by atoms with Gasteiger partial charge in [-0.15, -0.1) is 0 Å². The van der Waals surface area contributed by atoms with E-state index in [1.165, 1.54) is 11.6 Å². The summed E-state index contributed by atoms with van der Waals surface area (Å²) in [6, 6.07) is 25.3. The summed E-state index contributed by atoms with van der Waals surface area (Å²) < 4.78 is 19.1. The number of amides is 1. The second kappa shape index (κ2) is 10.2. The van der Waals surface area contributed by atoms with Crippen LogP contribution in [0.1, 0.15) is 22.3 Å². The van der Waals surface area contributed by atoms with Crippen LogP contribution in [-0.4, -0.2) is 30.1 Å². The average molecular weight is 419 g/mol. The van der Waals surface area contributed by atoms with Crippen LogP contribution in [0, 0.1) is 5.82 Å². The highest BCUT2D eigenvalue weighted by Crippen LogP contribution is 2.26. The van der Waals surface area contributed by atoms with Crippen molar-refractivity contribution in [1.82, 2.24) is 10.2 Å². The fourth-order valence-corrected chi connectivity index (χ4v) is 4.09. The Bertz CT molecular complexity index is 995. The van der Waals surface area contributed by atoms with Crippen molar-refractivity contribution in [2.24, 2.45) is 0 Å². The number of nitrogens with one attached hydrogen (secondary N) is 1. The molecule has 31 heavy (non-hydrogen) atoms. The Labute approximate surface area is 182 Å². The summed E-state index contributed by atoms with van der Waals surface area (Å²) in [4.78, 5) is 14.4. The Balaban J connectivity index is 1.35. The Morgan fingerprint density at radius 2 is 1.68 bits per heavy atom. The molecule has 3 aromatic rings. The quantitative estimate of drug-likeness (QED) is 0.604. The predicted octanol–water partition coefficient (Wildman–Crippen LogP) is 4.72. The highest BCUT2D eigenvalue weighted by atomic mass is 19.1. The van der Waals surface area contributed by atoms with Crippen LogP contribution in [0.5, 0.6) is 0 Å². The topological polar surface area (TPSA) is 41.6 Å². The van der Waals surface area contributed by atoms with Gasteiger partial charge in [-0.05, 0) is 47.2 Å². The number of fused-ring (bicyclic) bond motifs is 1. The molecular weight excluding hydrogens is 391 g/mol. The van der Waals surface area contributed by atoms with Gasteiger partial charge in [-0.25, -0.2) is 9.18 Å². The van der Waals surface area contributed by atoms with Gasteiger partial charge in [0.05, 0.1) is 0 Å². The van der Waals surface area contributed by atoms with Gasteiger partial charge in [0.2, 0.25) is 0 Å². The molecule has 1 N–H and O–H groups in total. The first-order chi connectivity index (χ1) is 15.2. The van der Waals surface area contributed by atoms with Crippen molar-refractivity contribution in [3.8, 4) is 0 Å². The molecule has 5 heteroatoms. The first-order valence-electron chi connectivity index (χ1n) is 10.7. The lowest BCUT2D eigenvalue weighted by molar-refractivity contribution is 0.132. The van der Waals surface area contributed by atoms with Crippen molar-refractivity contribution in [2.45, 2.75) is 32.0 Å². The number of hydrogen-bond acceptors (Lipinski definition) is 3. The van der Waals surface area contributed by atoms with E-state index in [4.69, 9.17) is 4.74 Å². The third-order valence-corrected chi connectivity index (χ3v) is 5.71. The molecule has 0 radical (unpaired) electrons. The van der Waals surface area contributed by atoms with Crippen LogP contribution in [0.25, 0.3) is 0 Å². The number of hydrogen-bond donors (Lipinski definition) is 1. The van der Waals surface area contributed by atoms with Crippen LogP contribution in [0.2, 0.25) is 0 Å². The SMILES string of the molecule is O=C(NCCN1Cc2ccc(F)cc2CC1Cc1ccccc1)OCc1ccccc1. The average Bonchev–Trinajstić information content (AvgIpc) is 2.79. The molecule has 160 valence electrons. The van der Waals surface area contributed by atoms with E-state index in [-0.39, 0.29) is 18.5 Å². The lowest BCUT2D eigenvalue weighted by atomic mass is 9.90. The van der Waals surface area contributed by atoms with Gasteiger partial charge in [0.25, 0.3) is 0 Å². The lowest BCUT2D eigenvalue weighted by Gasteiger charge is -2.37. The van der Waals surface area contributed by atoms with E-state index in [1.54, 1.807) is 6.07 Å². The maximum atomic E-state index is 13.8. The maximum Gasteiger partial charge on any atom is 0.407 e. The normalized spacial score (nSPS) is 15.8. The molecule has 1 unspecified atom stereocenters. The van der Waals surface area contributed by atoms with Gasteiger partial charge >= 0.3 is 6.09 Å². The molecule has 1 aliphatic rings. The molecule has 0 spiro atoms. The largest absolute Gasteiger partial charge is 0.445 e. The second-order valence-corrected chi connectivity index (χ2v) is 7.92. The number of carbonyl (C=O) groups excluding carboxylic acids is 1. The minimum Gasteiger partial charge on any atom is -0.445 e. The van der Waals surface area contributed by atoms with Crippen LogP contribution in [-0.2, 0) is 30.7 Å². The Morgan fingerprint density at radius 3 is 2.42 bits per heavy atom. The van der Waals surface area contributed by atoms with E-state index >= 15 is 0 Å². The highest BCUT2D eigenvalue weighted by Gasteiger charge is 2.26. The summed E-state index contributed by atoms with van der Waals surface area (Å²) in [7, 11) is 0. The van der Waals surface area contributed by atoms with Crippen molar-refractivity contribution in [1.29, 1.82) is 0 Å². The van der Waals surface area contributed by atoms with E-state index in [0.717, 1.165) is 36.1 Å². The molecule has 3 aromatic carbocycles. The van der Waals surface area contributed by atoms with Crippen molar-refractivity contribution < 1.29 is 13.9 Å². The molecule has 0 saturated heterocycles. The number of halogens is 1. The zero-order valence-electron chi connectivity index (χ0n) is 17.5. The maximum absolute atomic E-state index is 13.8. The Kier molecular flexibility index (Phi) is 6.95. The number of alkyl carbamates (subject to hydrolysis) is 1. The summed E-state index contributed by atoms with van der Waals surface area (Å²) in [5.41, 5.74) is 4.44. The third kappa shape index (κ3) is 5.92. The molecule has 4 rings (SSSR count). The summed E-state index contributed by atoms with van der Waals surface area (Å²) >= 11 is 0. The van der Waals surface area contributed by atoms with Crippen molar-refractivity contribution in [3.05, 3.63) is 107 Å². The van der Waals surface area contributed by atoms with E-state index in [9.17, 15) is 9.18 Å². The minimum absolute atomic E-state index is 0.187. The van der Waals surface area contributed by atoms with E-state index in [2.05, 4.69) is 22.3 Å². The van der Waals surface area contributed by atoms with Gasteiger partial charge in [0.1, 0.15) is 12.4 Å². The minimum atomic E-state index is -0.414. The van der Waals surface area contributed by atoms with Crippen LogP contribution < -0.4 is 5.32 Å².